The van der Waals surface area contributed by atoms with E-state index in [-0.39, 0.29) is 30.5 Å². The van der Waals surface area contributed by atoms with Crippen LogP contribution in [0.5, 0.6) is 0 Å². The summed E-state index contributed by atoms with van der Waals surface area (Å²) < 4.78 is 0. The van der Waals surface area contributed by atoms with Gasteiger partial charge in [-0.25, -0.2) is 9.59 Å². The number of nitrogen functional groups attached to an aromatic ring is 1. The van der Waals surface area contributed by atoms with Crippen LogP contribution in [0.25, 0.3) is 17.0 Å². The predicted molar refractivity (Wildman–Crippen MR) is 232 cm³/mol. The Morgan fingerprint density at radius 1 is 0.714 bits per heavy atom. The van der Waals surface area contributed by atoms with Crippen LogP contribution >= 0.6 is 0 Å². The number of aromatic nitrogens is 1. The molecule has 0 amide bonds. The van der Waals surface area contributed by atoms with Crippen LogP contribution in [0.2, 0.25) is 0 Å². The van der Waals surface area contributed by atoms with Crippen molar-refractivity contribution < 1.29 is 58.4 Å². The SMILES string of the molecule is CC.CC.CC.CCOOC(=O)c1cc(/C=C/N(C)C)c([N+](=O)[O-])cc1[N+](=O)[O-].CCOOC(=O)c1cc(C)c([N+](=O)[O-])cc1[N+](=O)[O-].CCc1cc2cc[nH]c2cc1N.O=C=O. The molecular formula is C40H55N7O16. The van der Waals surface area contributed by atoms with Crippen LogP contribution in [0.1, 0.15) is 99.7 Å². The number of rotatable bonds is 13. The fraction of sp³-hybridized carbons (Fsp3) is 0.375. The second-order valence-electron chi connectivity index (χ2n) is 11.0. The second-order valence-corrected chi connectivity index (χ2v) is 11.0. The highest BCUT2D eigenvalue weighted by molar-refractivity contribution is 5.95. The van der Waals surface area contributed by atoms with Gasteiger partial charge in [0, 0.05) is 37.1 Å². The maximum atomic E-state index is 11.8. The lowest BCUT2D eigenvalue weighted by Crippen LogP contribution is -2.10. The Balaban J connectivity index is -0.000000807. The van der Waals surface area contributed by atoms with Gasteiger partial charge in [0.1, 0.15) is 11.1 Å². The molecule has 0 fully saturated rings. The average molecular weight is 890 g/mol. The van der Waals surface area contributed by atoms with E-state index < -0.39 is 65.5 Å². The topological polar surface area (TPSA) is 323 Å². The van der Waals surface area contributed by atoms with Gasteiger partial charge in [0.15, 0.2) is 0 Å². The second kappa shape index (κ2) is 33.1. The molecule has 63 heavy (non-hydrogen) atoms. The number of nitro groups is 4. The summed E-state index contributed by atoms with van der Waals surface area (Å²) in [6.45, 7) is 18.7. The van der Waals surface area contributed by atoms with E-state index in [1.54, 1.807) is 32.8 Å². The molecule has 1 heterocycles. The molecule has 0 aliphatic carbocycles. The summed E-state index contributed by atoms with van der Waals surface area (Å²) in [6.07, 6.45) is 6.04. The molecule has 4 rings (SSSR count). The third kappa shape index (κ3) is 20.5. The molecule has 0 unspecified atom stereocenters. The summed E-state index contributed by atoms with van der Waals surface area (Å²) in [5.41, 5.74) is 5.97. The van der Waals surface area contributed by atoms with Gasteiger partial charge < -0.3 is 15.6 Å². The van der Waals surface area contributed by atoms with Crippen LogP contribution in [-0.4, -0.2) is 75.0 Å². The van der Waals surface area contributed by atoms with Crippen LogP contribution in [-0.2, 0) is 35.6 Å². The third-order valence-corrected chi connectivity index (χ3v) is 6.94. The number of nitrogens with zero attached hydrogens (tertiary/aromatic N) is 5. The van der Waals surface area contributed by atoms with Gasteiger partial charge in [0.2, 0.25) is 0 Å². The fourth-order valence-corrected chi connectivity index (χ4v) is 4.41. The summed E-state index contributed by atoms with van der Waals surface area (Å²) in [4.78, 5) is 102. The first-order valence-electron chi connectivity index (χ1n) is 19.2. The Morgan fingerprint density at radius 3 is 1.54 bits per heavy atom. The highest BCUT2D eigenvalue weighted by Gasteiger charge is 2.29. The zero-order chi connectivity index (χ0) is 49.4. The number of carbonyl (C=O) groups excluding carboxylic acids is 4. The van der Waals surface area contributed by atoms with E-state index in [4.69, 9.17) is 15.3 Å². The number of nitrogens with one attached hydrogen (secondary N) is 1. The summed E-state index contributed by atoms with van der Waals surface area (Å²) >= 11 is 0. The number of nitrogens with two attached hydrogens (primary N) is 1. The van der Waals surface area contributed by atoms with Gasteiger partial charge in [-0.05, 0) is 80.7 Å². The first-order valence-corrected chi connectivity index (χ1v) is 19.2. The highest BCUT2D eigenvalue weighted by atomic mass is 17.2. The zero-order valence-corrected chi connectivity index (χ0v) is 37.2. The monoisotopic (exact) mass is 889 g/mol. The van der Waals surface area contributed by atoms with E-state index in [1.807, 2.05) is 53.8 Å². The lowest BCUT2D eigenvalue weighted by molar-refractivity contribution is -0.395. The normalized spacial score (nSPS) is 9.33. The summed E-state index contributed by atoms with van der Waals surface area (Å²) in [5, 5.41) is 44.9. The molecule has 3 aromatic carbocycles. The fourth-order valence-electron chi connectivity index (χ4n) is 4.41. The van der Waals surface area contributed by atoms with Crippen molar-refractivity contribution in [3.8, 4) is 0 Å². The number of anilines is 1. The molecular weight excluding hydrogens is 834 g/mol. The van der Waals surface area contributed by atoms with Gasteiger partial charge in [0.05, 0.1) is 50.6 Å². The standard InChI is InChI=1S/C13H15N3O7.C10H10N2O7.C10H12N2.3C2H6.CO2/c1-4-22-23-13(17)10-7-9(5-6-14(2)3)11(15(18)19)8-12(10)16(20)21;1-3-18-19-10(13)7-4-6(2)8(11(14)15)5-9(7)12(16)17;1-2-7-5-8-3-4-12-10(8)6-9(7)11;3*1-2;2-1-3/h5-8H,4H2,1-3H3;4-5H,3H2,1-2H3;3-6,12H,2,11H2,1H3;3*1-2H3;/b6-5+;;;;;;. The Labute approximate surface area is 363 Å². The minimum absolute atomic E-state index is 0.0257. The highest BCUT2D eigenvalue weighted by Crippen LogP contribution is 2.31. The van der Waals surface area contributed by atoms with E-state index in [9.17, 15) is 50.0 Å². The molecule has 0 aliphatic heterocycles. The van der Waals surface area contributed by atoms with Crippen LogP contribution in [0.15, 0.2) is 54.9 Å². The largest absolute Gasteiger partial charge is 0.398 e. The average Bonchev–Trinajstić information content (AvgIpc) is 3.72. The van der Waals surface area contributed by atoms with Gasteiger partial charge in [-0.2, -0.15) is 19.4 Å². The van der Waals surface area contributed by atoms with Crippen LogP contribution < -0.4 is 5.73 Å². The maximum absolute atomic E-state index is 11.8. The van der Waals surface area contributed by atoms with Crippen LogP contribution in [0, 0.1) is 47.4 Å². The summed E-state index contributed by atoms with van der Waals surface area (Å²) in [6, 6.07) is 9.69. The van der Waals surface area contributed by atoms with Crippen molar-refractivity contribution in [2.45, 2.75) is 75.7 Å². The minimum atomic E-state index is -1.10. The van der Waals surface area contributed by atoms with Gasteiger partial charge in [-0.1, -0.05) is 48.5 Å². The smallest absolute Gasteiger partial charge is 0.380 e. The number of hydrogen-bond acceptors (Lipinski definition) is 18. The van der Waals surface area contributed by atoms with Crippen molar-refractivity contribution in [1.82, 2.24) is 9.88 Å². The van der Waals surface area contributed by atoms with Crippen molar-refractivity contribution in [1.29, 1.82) is 0 Å². The van der Waals surface area contributed by atoms with Crippen molar-refractivity contribution in [2.75, 3.05) is 33.0 Å². The molecule has 0 atom stereocenters. The number of aryl methyl sites for hydroxylation is 2. The van der Waals surface area contributed by atoms with Crippen molar-refractivity contribution in [3.05, 3.63) is 123 Å². The molecule has 4 aromatic rings. The van der Waals surface area contributed by atoms with Gasteiger partial charge in [-0.15, -0.1) is 0 Å². The Bertz CT molecular complexity index is 2160. The minimum Gasteiger partial charge on any atom is -0.398 e. The zero-order valence-electron chi connectivity index (χ0n) is 37.2. The number of H-pyrrole nitrogens is 1. The number of benzene rings is 3. The quantitative estimate of drug-likeness (QED) is 0.0547. The maximum Gasteiger partial charge on any atom is 0.380 e. The van der Waals surface area contributed by atoms with Crippen molar-refractivity contribution >= 4 is 63.5 Å². The molecule has 23 nitrogen and oxygen atoms in total. The predicted octanol–water partition coefficient (Wildman–Crippen LogP) is 8.87. The van der Waals surface area contributed by atoms with E-state index in [0.29, 0.717) is 0 Å². The molecule has 0 bridgehead atoms. The molecule has 0 aliphatic rings. The molecule has 346 valence electrons. The molecule has 1 aromatic heterocycles. The number of hydrogen-bond donors (Lipinski definition) is 2. The molecule has 0 saturated heterocycles. The van der Waals surface area contributed by atoms with E-state index in [1.165, 1.54) is 30.1 Å². The van der Waals surface area contributed by atoms with Crippen LogP contribution in [0.3, 0.4) is 0 Å². The van der Waals surface area contributed by atoms with Crippen molar-refractivity contribution in [2.24, 2.45) is 0 Å². The molecule has 3 N–H and O–H groups in total. The first kappa shape index (κ1) is 59.7. The lowest BCUT2D eigenvalue weighted by atomic mass is 10.1. The molecule has 0 radical (unpaired) electrons. The Hall–Kier alpha value is -7.62. The van der Waals surface area contributed by atoms with Gasteiger partial charge in [0.25, 0.3) is 22.7 Å². The number of fused-ring (bicyclic) bond motifs is 1. The summed E-state index contributed by atoms with van der Waals surface area (Å²) in [5.74, 6) is -2.18. The third-order valence-electron chi connectivity index (χ3n) is 6.94. The first-order chi connectivity index (χ1) is 29.9. The lowest BCUT2D eigenvalue weighted by Gasteiger charge is -2.06. The number of aromatic amines is 1. The summed E-state index contributed by atoms with van der Waals surface area (Å²) in [7, 11) is 3.38. The van der Waals surface area contributed by atoms with E-state index >= 15 is 0 Å². The van der Waals surface area contributed by atoms with E-state index in [0.717, 1.165) is 41.9 Å². The van der Waals surface area contributed by atoms with E-state index in [2.05, 4.69) is 43.6 Å². The molecule has 0 spiro atoms. The van der Waals surface area contributed by atoms with Crippen molar-refractivity contribution in [3.63, 3.8) is 0 Å². The van der Waals surface area contributed by atoms with Gasteiger partial charge in [-0.3, -0.25) is 50.2 Å². The Morgan fingerprint density at radius 2 is 1.14 bits per heavy atom. The Kier molecular flexibility index (Phi) is 31.4. The molecule has 0 saturated carbocycles. The van der Waals surface area contributed by atoms with Gasteiger partial charge >= 0.3 is 18.1 Å². The van der Waals surface area contributed by atoms with Crippen LogP contribution in [0.4, 0.5) is 28.4 Å². The number of carbonyl (C=O) groups is 2. The number of nitro benzene ring substituents is 4. The molecule has 23 heteroatoms.